The van der Waals surface area contributed by atoms with Crippen molar-refractivity contribution >= 4 is 5.91 Å². The monoisotopic (exact) mass is 276 g/mol. The number of nitrogens with two attached hydrogens (primary N) is 1. The molecule has 2 aliphatic heterocycles. The lowest BCUT2D eigenvalue weighted by Gasteiger charge is -2.36. The fraction of sp³-hybridized carbons (Fsp3) is 0.533. The minimum absolute atomic E-state index is 0.0391. The first kappa shape index (κ1) is 13.4. The van der Waals surface area contributed by atoms with E-state index in [1.54, 1.807) is 0 Å². The van der Waals surface area contributed by atoms with Crippen molar-refractivity contribution in [3.63, 3.8) is 0 Å². The Hall–Kier alpha value is -1.59. The quantitative estimate of drug-likeness (QED) is 0.865. The van der Waals surface area contributed by atoms with E-state index in [1.807, 2.05) is 29.2 Å². The highest BCUT2D eigenvalue weighted by molar-refractivity contribution is 5.85. The van der Waals surface area contributed by atoms with Crippen molar-refractivity contribution in [2.75, 3.05) is 32.8 Å². The summed E-state index contributed by atoms with van der Waals surface area (Å²) in [5.41, 5.74) is 6.64. The number of para-hydroxylation sites is 1. The molecule has 5 nitrogen and oxygen atoms in total. The molecule has 0 bridgehead atoms. The SMILES string of the molecule is NC[C@H]1CN(C(=O)[C@@H]2CCOc3ccccc32)CCO1. The molecule has 2 heterocycles. The van der Waals surface area contributed by atoms with E-state index < -0.39 is 0 Å². The fourth-order valence-corrected chi connectivity index (χ4v) is 2.88. The van der Waals surface area contributed by atoms with Crippen molar-refractivity contribution < 1.29 is 14.3 Å². The molecule has 0 unspecified atom stereocenters. The van der Waals surface area contributed by atoms with Crippen LogP contribution in [0.3, 0.4) is 0 Å². The van der Waals surface area contributed by atoms with Crippen molar-refractivity contribution in [1.29, 1.82) is 0 Å². The summed E-state index contributed by atoms with van der Waals surface area (Å²) in [7, 11) is 0. The minimum Gasteiger partial charge on any atom is -0.493 e. The Balaban J connectivity index is 1.78. The number of rotatable bonds is 2. The second-order valence-corrected chi connectivity index (χ2v) is 5.24. The molecule has 2 aliphatic rings. The molecule has 0 radical (unpaired) electrons. The van der Waals surface area contributed by atoms with Crippen molar-refractivity contribution in [1.82, 2.24) is 4.90 Å². The summed E-state index contributed by atoms with van der Waals surface area (Å²) in [6.07, 6.45) is 0.698. The third-order valence-corrected chi connectivity index (χ3v) is 3.97. The Kier molecular flexibility index (Phi) is 3.89. The highest BCUT2D eigenvalue weighted by Crippen LogP contribution is 2.34. The van der Waals surface area contributed by atoms with Gasteiger partial charge >= 0.3 is 0 Å². The molecule has 108 valence electrons. The van der Waals surface area contributed by atoms with Crippen LogP contribution in [0.2, 0.25) is 0 Å². The molecule has 0 saturated carbocycles. The first-order chi connectivity index (χ1) is 9.79. The molecule has 0 aromatic heterocycles. The van der Waals surface area contributed by atoms with Gasteiger partial charge < -0.3 is 20.1 Å². The molecular weight excluding hydrogens is 256 g/mol. The maximum atomic E-state index is 12.8. The van der Waals surface area contributed by atoms with Gasteiger partial charge in [0.2, 0.25) is 5.91 Å². The molecule has 1 fully saturated rings. The van der Waals surface area contributed by atoms with Gasteiger partial charge in [0, 0.05) is 25.2 Å². The van der Waals surface area contributed by atoms with Crippen molar-refractivity contribution in [3.05, 3.63) is 29.8 Å². The van der Waals surface area contributed by atoms with E-state index in [9.17, 15) is 4.79 Å². The highest BCUT2D eigenvalue weighted by atomic mass is 16.5. The summed E-state index contributed by atoms with van der Waals surface area (Å²) in [5.74, 6) is 0.903. The van der Waals surface area contributed by atoms with Gasteiger partial charge in [0.1, 0.15) is 5.75 Å². The average Bonchev–Trinajstić information content (AvgIpc) is 2.53. The average molecular weight is 276 g/mol. The number of morpholine rings is 1. The van der Waals surface area contributed by atoms with Gasteiger partial charge in [-0.3, -0.25) is 4.79 Å². The largest absolute Gasteiger partial charge is 0.493 e. The molecule has 0 aliphatic carbocycles. The summed E-state index contributed by atoms with van der Waals surface area (Å²) in [5, 5.41) is 0. The van der Waals surface area contributed by atoms with Crippen LogP contribution >= 0.6 is 0 Å². The molecule has 2 atom stereocenters. The number of amides is 1. The lowest BCUT2D eigenvalue weighted by molar-refractivity contribution is -0.140. The molecule has 1 saturated heterocycles. The normalized spacial score (nSPS) is 25.8. The van der Waals surface area contributed by atoms with Crippen LogP contribution in [0.1, 0.15) is 17.9 Å². The maximum Gasteiger partial charge on any atom is 0.230 e. The number of ether oxygens (including phenoxy) is 2. The Bertz CT molecular complexity index is 492. The number of hydrogen-bond acceptors (Lipinski definition) is 4. The molecule has 1 amide bonds. The zero-order valence-corrected chi connectivity index (χ0v) is 11.5. The van der Waals surface area contributed by atoms with Crippen molar-refractivity contribution in [2.24, 2.45) is 5.73 Å². The molecule has 1 aromatic carbocycles. The first-order valence-electron chi connectivity index (χ1n) is 7.12. The molecule has 20 heavy (non-hydrogen) atoms. The first-order valence-corrected chi connectivity index (χ1v) is 7.12. The van der Waals surface area contributed by atoms with Gasteiger partial charge in [-0.25, -0.2) is 0 Å². The lowest BCUT2D eigenvalue weighted by Crippen LogP contribution is -2.49. The van der Waals surface area contributed by atoms with Crippen LogP contribution < -0.4 is 10.5 Å². The highest BCUT2D eigenvalue weighted by Gasteiger charge is 2.33. The number of carbonyl (C=O) groups excluding carboxylic acids is 1. The van der Waals surface area contributed by atoms with Gasteiger partial charge in [0.15, 0.2) is 0 Å². The maximum absolute atomic E-state index is 12.8. The molecule has 5 heteroatoms. The topological polar surface area (TPSA) is 64.8 Å². The van der Waals surface area contributed by atoms with Gasteiger partial charge in [0.05, 0.1) is 25.2 Å². The molecule has 0 spiro atoms. The summed E-state index contributed by atoms with van der Waals surface area (Å²) in [4.78, 5) is 14.6. The molecule has 1 aromatic rings. The van der Waals surface area contributed by atoms with E-state index >= 15 is 0 Å². The lowest BCUT2D eigenvalue weighted by atomic mass is 9.91. The Labute approximate surface area is 118 Å². The van der Waals surface area contributed by atoms with Crippen LogP contribution in [-0.4, -0.2) is 49.8 Å². The van der Waals surface area contributed by atoms with Crippen LogP contribution in [0.4, 0.5) is 0 Å². The van der Waals surface area contributed by atoms with E-state index in [0.717, 1.165) is 17.7 Å². The van der Waals surface area contributed by atoms with Gasteiger partial charge in [-0.15, -0.1) is 0 Å². The molecule has 2 N–H and O–H groups in total. The van der Waals surface area contributed by atoms with E-state index in [4.69, 9.17) is 15.2 Å². The number of nitrogens with zero attached hydrogens (tertiary/aromatic N) is 1. The van der Waals surface area contributed by atoms with Gasteiger partial charge in [-0.05, 0) is 12.5 Å². The van der Waals surface area contributed by atoms with E-state index in [1.165, 1.54) is 0 Å². The zero-order valence-electron chi connectivity index (χ0n) is 11.5. The van der Waals surface area contributed by atoms with Gasteiger partial charge in [-0.1, -0.05) is 18.2 Å². The second kappa shape index (κ2) is 5.81. The van der Waals surface area contributed by atoms with Crippen LogP contribution in [-0.2, 0) is 9.53 Å². The van der Waals surface area contributed by atoms with Crippen molar-refractivity contribution in [2.45, 2.75) is 18.4 Å². The fourth-order valence-electron chi connectivity index (χ4n) is 2.88. The standard InChI is InChI=1S/C15H20N2O3/c16-9-11-10-17(6-8-19-11)15(18)13-5-7-20-14-4-2-1-3-12(13)14/h1-4,11,13H,5-10,16H2/t11-,13+/m0/s1. The molecule has 3 rings (SSSR count). The summed E-state index contributed by atoms with van der Waals surface area (Å²) >= 11 is 0. The third kappa shape index (κ3) is 2.51. The number of hydrogen-bond donors (Lipinski definition) is 1. The van der Waals surface area contributed by atoms with E-state index in [-0.39, 0.29) is 17.9 Å². The van der Waals surface area contributed by atoms with Gasteiger partial charge in [0.25, 0.3) is 0 Å². The van der Waals surface area contributed by atoms with Crippen LogP contribution in [0, 0.1) is 0 Å². The smallest absolute Gasteiger partial charge is 0.230 e. The minimum atomic E-state index is -0.100. The number of fused-ring (bicyclic) bond motifs is 1. The van der Waals surface area contributed by atoms with Crippen molar-refractivity contribution in [3.8, 4) is 5.75 Å². The van der Waals surface area contributed by atoms with Crippen LogP contribution in [0.25, 0.3) is 0 Å². The Morgan fingerprint density at radius 1 is 1.35 bits per heavy atom. The van der Waals surface area contributed by atoms with E-state index in [0.29, 0.717) is 32.8 Å². The summed E-state index contributed by atoms with van der Waals surface area (Å²) in [6, 6.07) is 7.80. The Morgan fingerprint density at radius 3 is 3.05 bits per heavy atom. The summed E-state index contributed by atoms with van der Waals surface area (Å²) < 4.78 is 11.1. The second-order valence-electron chi connectivity index (χ2n) is 5.24. The van der Waals surface area contributed by atoms with Gasteiger partial charge in [-0.2, -0.15) is 0 Å². The number of benzene rings is 1. The zero-order chi connectivity index (χ0) is 13.9. The summed E-state index contributed by atoms with van der Waals surface area (Å²) in [6.45, 7) is 2.86. The van der Waals surface area contributed by atoms with Crippen LogP contribution in [0.5, 0.6) is 5.75 Å². The van der Waals surface area contributed by atoms with Crippen LogP contribution in [0.15, 0.2) is 24.3 Å². The molecular formula is C15H20N2O3. The van der Waals surface area contributed by atoms with E-state index in [2.05, 4.69) is 0 Å². The third-order valence-electron chi connectivity index (χ3n) is 3.97. The predicted molar refractivity (Wildman–Crippen MR) is 74.7 cm³/mol. The predicted octanol–water partition coefficient (Wildman–Crippen LogP) is 0.739. The Morgan fingerprint density at radius 2 is 2.20 bits per heavy atom. The number of carbonyl (C=O) groups is 1.